The number of amides is 1. The van der Waals surface area contributed by atoms with Crippen LogP contribution in [0.2, 0.25) is 0 Å². The minimum absolute atomic E-state index is 0.249. The highest BCUT2D eigenvalue weighted by molar-refractivity contribution is 5.76. The maximum absolute atomic E-state index is 13.4. The molecule has 0 radical (unpaired) electrons. The van der Waals surface area contributed by atoms with Gasteiger partial charge in [-0.1, -0.05) is 348 Å². The molecule has 0 aromatic rings. The summed E-state index contributed by atoms with van der Waals surface area (Å²) in [5.74, 6) is -0.249. The Morgan fingerprint density at radius 3 is 1.10 bits per heavy atom. The summed E-state index contributed by atoms with van der Waals surface area (Å²) in [5.41, 5.74) is 0. The number of aliphatic hydroxyl groups excluding tert-OH is 8. The van der Waals surface area contributed by atoms with Gasteiger partial charge in [0.1, 0.15) is 48.8 Å². The predicted molar refractivity (Wildman–Crippen MR) is 415 cm³/mol. The van der Waals surface area contributed by atoms with Crippen molar-refractivity contribution in [2.45, 2.75) is 408 Å². The zero-order valence-electron chi connectivity index (χ0n) is 63.4. The second kappa shape index (κ2) is 68.7. The Bertz CT molecular complexity index is 2100. The second-order valence-electron chi connectivity index (χ2n) is 28.5. The Kier molecular flexibility index (Phi) is 63.7. The maximum Gasteiger partial charge on any atom is 0.220 e. The molecule has 0 spiro atoms. The molecule has 100 heavy (non-hydrogen) atoms. The monoisotopic (exact) mass is 1410 g/mol. The summed E-state index contributed by atoms with van der Waals surface area (Å²) in [4.78, 5) is 13.4. The van der Waals surface area contributed by atoms with Gasteiger partial charge >= 0.3 is 0 Å². The van der Waals surface area contributed by atoms with Crippen molar-refractivity contribution >= 4 is 5.91 Å². The quantitative estimate of drug-likeness (QED) is 0.0204. The summed E-state index contributed by atoms with van der Waals surface area (Å²) in [6.07, 6.45) is 83.1. The standard InChI is InChI=1S/C86H151NO13/c1-3-5-7-9-11-13-15-17-19-21-23-25-27-29-31-33-34-35-36-37-38-39-40-42-44-46-48-50-52-54-56-58-60-62-64-66-68-70-78(91)87-74(73-97-85-83(96)81(94)84(77(72-89)99-85)100-86-82(95)80(93)79(92)76(71-88)98-86)75(90)69-67-65-63-61-59-57-55-53-51-49-47-45-43-41-32-30-28-26-24-22-20-18-16-14-12-10-8-6-4-2/h5,7,11,13,17,19,23,25,29,31,34-35,37-38,59,61,67,69,74-77,79-86,88-90,92-96H,3-4,6,8-10,12,14-16,18,20-22,24,26-28,30,32-33,36,39-58,60,62-66,68,70-73H2,1-2H3,(H,87,91)/b7-5-,13-11-,19-17-,25-23-,31-29-,35-34-,38-37-,61-59+,69-67+. The fourth-order valence-electron chi connectivity index (χ4n) is 13.0. The van der Waals surface area contributed by atoms with Crippen LogP contribution in [0.5, 0.6) is 0 Å². The van der Waals surface area contributed by atoms with E-state index in [4.69, 9.17) is 18.9 Å². The van der Waals surface area contributed by atoms with E-state index < -0.39 is 86.8 Å². The molecule has 14 heteroatoms. The Hall–Kier alpha value is -3.35. The summed E-state index contributed by atoms with van der Waals surface area (Å²) in [5, 5.41) is 87.7. The van der Waals surface area contributed by atoms with Gasteiger partial charge in [-0.25, -0.2) is 0 Å². The number of nitrogens with one attached hydrogen (secondary N) is 1. The van der Waals surface area contributed by atoms with Crippen LogP contribution < -0.4 is 5.32 Å². The number of hydrogen-bond donors (Lipinski definition) is 9. The van der Waals surface area contributed by atoms with Crippen LogP contribution in [0.25, 0.3) is 0 Å². The topological polar surface area (TPSA) is 228 Å². The van der Waals surface area contributed by atoms with Gasteiger partial charge in [-0.05, 0) is 89.9 Å². The van der Waals surface area contributed by atoms with Gasteiger partial charge in [-0.2, -0.15) is 0 Å². The number of ether oxygens (including phenoxy) is 4. The molecule has 2 aliphatic rings. The lowest BCUT2D eigenvalue weighted by atomic mass is 9.97. The van der Waals surface area contributed by atoms with Crippen LogP contribution >= 0.6 is 0 Å². The molecule has 0 aliphatic carbocycles. The van der Waals surface area contributed by atoms with Crippen molar-refractivity contribution in [2.75, 3.05) is 19.8 Å². The van der Waals surface area contributed by atoms with E-state index in [1.807, 2.05) is 6.08 Å². The molecular weight excluding hydrogens is 1250 g/mol. The van der Waals surface area contributed by atoms with Crippen LogP contribution in [-0.2, 0) is 23.7 Å². The molecule has 2 saturated heterocycles. The Morgan fingerprint density at radius 1 is 0.370 bits per heavy atom. The molecule has 0 aromatic heterocycles. The molecular formula is C86H151NO13. The fraction of sp³-hybridized carbons (Fsp3) is 0.779. The summed E-state index contributed by atoms with van der Waals surface area (Å²) in [6, 6.07) is -0.940. The average molecular weight is 1410 g/mol. The van der Waals surface area contributed by atoms with Crippen LogP contribution in [0.15, 0.2) is 109 Å². The van der Waals surface area contributed by atoms with Gasteiger partial charge < -0.3 is 65.1 Å². The molecule has 2 fully saturated rings. The summed E-state index contributed by atoms with van der Waals surface area (Å²) >= 11 is 0. The lowest BCUT2D eigenvalue weighted by Crippen LogP contribution is -2.65. The third-order valence-corrected chi connectivity index (χ3v) is 19.4. The Morgan fingerprint density at radius 2 is 0.700 bits per heavy atom. The van der Waals surface area contributed by atoms with Gasteiger partial charge in [-0.15, -0.1) is 0 Å². The van der Waals surface area contributed by atoms with E-state index in [9.17, 15) is 45.6 Å². The number of carbonyl (C=O) groups excluding carboxylic acids is 1. The van der Waals surface area contributed by atoms with Crippen LogP contribution in [-0.4, -0.2) is 140 Å². The van der Waals surface area contributed by atoms with Gasteiger partial charge in [0.25, 0.3) is 0 Å². The van der Waals surface area contributed by atoms with E-state index >= 15 is 0 Å². The molecule has 1 amide bonds. The van der Waals surface area contributed by atoms with Crippen molar-refractivity contribution in [1.82, 2.24) is 5.32 Å². The highest BCUT2D eigenvalue weighted by Gasteiger charge is 2.51. The highest BCUT2D eigenvalue weighted by Crippen LogP contribution is 2.30. The molecule has 12 atom stereocenters. The fourth-order valence-corrected chi connectivity index (χ4v) is 13.0. The summed E-state index contributed by atoms with van der Waals surface area (Å²) in [6.45, 7) is 2.71. The largest absolute Gasteiger partial charge is 0.394 e. The molecule has 2 aliphatic heterocycles. The van der Waals surface area contributed by atoms with E-state index in [1.54, 1.807) is 6.08 Å². The molecule has 0 aromatic carbocycles. The van der Waals surface area contributed by atoms with Crippen LogP contribution in [0.4, 0.5) is 0 Å². The van der Waals surface area contributed by atoms with E-state index in [1.165, 1.54) is 225 Å². The van der Waals surface area contributed by atoms with E-state index in [0.29, 0.717) is 12.8 Å². The van der Waals surface area contributed by atoms with Crippen molar-refractivity contribution in [3.63, 3.8) is 0 Å². The van der Waals surface area contributed by atoms with Gasteiger partial charge in [-0.3, -0.25) is 4.79 Å². The van der Waals surface area contributed by atoms with Crippen molar-refractivity contribution < 1.29 is 64.6 Å². The summed E-state index contributed by atoms with van der Waals surface area (Å²) in [7, 11) is 0. The normalized spacial score (nSPS) is 22.4. The summed E-state index contributed by atoms with van der Waals surface area (Å²) < 4.78 is 22.9. The number of aliphatic hydroxyl groups is 8. The third-order valence-electron chi connectivity index (χ3n) is 19.4. The molecule has 0 bridgehead atoms. The van der Waals surface area contributed by atoms with Crippen molar-refractivity contribution in [3.05, 3.63) is 109 Å². The third kappa shape index (κ3) is 50.9. The predicted octanol–water partition coefficient (Wildman–Crippen LogP) is 19.0. The van der Waals surface area contributed by atoms with Gasteiger partial charge in [0.2, 0.25) is 5.91 Å². The van der Waals surface area contributed by atoms with Gasteiger partial charge in [0.05, 0.1) is 32.0 Å². The molecule has 14 nitrogen and oxygen atoms in total. The highest BCUT2D eigenvalue weighted by atomic mass is 16.7. The van der Waals surface area contributed by atoms with E-state index in [-0.39, 0.29) is 18.9 Å². The van der Waals surface area contributed by atoms with Crippen LogP contribution in [0.3, 0.4) is 0 Å². The SMILES string of the molecule is CC/C=C\C/C=C\C/C=C\C/C=C\C/C=C\C/C=C\C/C=C\CCCCCCCCCCCCCCCCCC(=O)NC(COC1OC(CO)C(OC2OC(CO)C(O)C(O)C2O)C(O)C1O)C(O)/C=C/CC/C=C/CCCCCCCCCCCCCCCCCCCCCCCCC. The molecule has 2 rings (SSSR count). The van der Waals surface area contributed by atoms with Gasteiger partial charge in [0.15, 0.2) is 12.6 Å². The maximum atomic E-state index is 13.4. The van der Waals surface area contributed by atoms with E-state index in [2.05, 4.69) is 116 Å². The first-order chi connectivity index (χ1) is 49.1. The van der Waals surface area contributed by atoms with E-state index in [0.717, 1.165) is 77.0 Å². The Labute approximate surface area is 610 Å². The molecule has 12 unspecified atom stereocenters. The first-order valence-corrected chi connectivity index (χ1v) is 41.1. The lowest BCUT2D eigenvalue weighted by Gasteiger charge is -2.46. The van der Waals surface area contributed by atoms with Crippen molar-refractivity contribution in [2.24, 2.45) is 0 Å². The first kappa shape index (κ1) is 92.7. The van der Waals surface area contributed by atoms with Crippen LogP contribution in [0.1, 0.15) is 335 Å². The second-order valence-corrected chi connectivity index (χ2v) is 28.5. The number of unbranched alkanes of at least 4 members (excludes halogenated alkanes) is 39. The number of rotatable bonds is 68. The lowest BCUT2D eigenvalue weighted by molar-refractivity contribution is -0.359. The zero-order chi connectivity index (χ0) is 72.2. The smallest absolute Gasteiger partial charge is 0.220 e. The van der Waals surface area contributed by atoms with Crippen molar-refractivity contribution in [1.29, 1.82) is 0 Å². The van der Waals surface area contributed by atoms with Crippen molar-refractivity contribution in [3.8, 4) is 0 Å². The zero-order valence-corrected chi connectivity index (χ0v) is 63.4. The first-order valence-electron chi connectivity index (χ1n) is 41.1. The molecule has 0 saturated carbocycles. The average Bonchev–Trinajstić information content (AvgIpc) is 0.791. The number of hydrogen-bond acceptors (Lipinski definition) is 13. The minimum Gasteiger partial charge on any atom is -0.394 e. The molecule has 2 heterocycles. The van der Waals surface area contributed by atoms with Crippen LogP contribution in [0, 0.1) is 0 Å². The number of carbonyl (C=O) groups is 1. The van der Waals surface area contributed by atoms with Gasteiger partial charge in [0, 0.05) is 6.42 Å². The minimum atomic E-state index is -1.80. The Balaban J connectivity index is 1.62. The molecule has 9 N–H and O–H groups in total. The number of allylic oxidation sites excluding steroid dienone is 17. The molecule has 578 valence electrons.